The highest BCUT2D eigenvalue weighted by Crippen LogP contribution is 2.45. The molecule has 0 spiro atoms. The van der Waals surface area contributed by atoms with E-state index in [0.29, 0.717) is 6.54 Å². The van der Waals surface area contributed by atoms with Crippen molar-refractivity contribution >= 4 is 5.95 Å². The Morgan fingerprint density at radius 3 is 2.58 bits per heavy atom. The summed E-state index contributed by atoms with van der Waals surface area (Å²) in [7, 11) is 0. The van der Waals surface area contributed by atoms with Gasteiger partial charge in [0.25, 0.3) is 5.95 Å². The molecule has 1 aromatic rings. The minimum absolute atomic E-state index is 0.0574. The minimum Gasteiger partial charge on any atom is -0.338 e. The highest BCUT2D eigenvalue weighted by Gasteiger charge is 2.61. The lowest BCUT2D eigenvalue weighted by Crippen LogP contribution is -2.44. The molecule has 0 amide bonds. The first kappa shape index (κ1) is 12.7. The number of rotatable bonds is 2. The molecule has 106 valence electrons. The van der Waals surface area contributed by atoms with Crippen LogP contribution in [0.15, 0.2) is 4.52 Å². The third-order valence-electron chi connectivity index (χ3n) is 3.91. The highest BCUT2D eigenvalue weighted by molar-refractivity contribution is 5.31. The molecule has 8 heteroatoms. The molecule has 1 aromatic heterocycles. The van der Waals surface area contributed by atoms with Gasteiger partial charge >= 0.3 is 6.18 Å². The second kappa shape index (κ2) is 4.36. The third kappa shape index (κ3) is 1.98. The number of nitrogens with one attached hydrogen (secondary N) is 1. The van der Waals surface area contributed by atoms with Crippen LogP contribution >= 0.6 is 0 Å². The number of halogens is 3. The van der Waals surface area contributed by atoms with Gasteiger partial charge in [-0.05, 0) is 31.0 Å². The van der Waals surface area contributed by atoms with Gasteiger partial charge in [-0.15, -0.1) is 0 Å². The summed E-state index contributed by atoms with van der Waals surface area (Å²) in [5.41, 5.74) is -2.03. The molecule has 2 aliphatic rings. The second-order valence-corrected chi connectivity index (χ2v) is 5.10. The molecule has 0 saturated carbocycles. The Kier molecular flexibility index (Phi) is 2.92. The molecule has 0 aliphatic carbocycles. The van der Waals surface area contributed by atoms with Crippen molar-refractivity contribution in [3.05, 3.63) is 5.89 Å². The van der Waals surface area contributed by atoms with E-state index in [4.69, 9.17) is 4.52 Å². The Labute approximate surface area is 108 Å². The van der Waals surface area contributed by atoms with E-state index in [9.17, 15) is 13.2 Å². The average molecular weight is 276 g/mol. The molecule has 0 radical (unpaired) electrons. The summed E-state index contributed by atoms with van der Waals surface area (Å²) < 4.78 is 44.8. The number of alkyl halides is 3. The second-order valence-electron chi connectivity index (χ2n) is 5.10. The predicted octanol–water partition coefficient (Wildman–Crippen LogP) is 1.46. The molecule has 1 atom stereocenters. The van der Waals surface area contributed by atoms with E-state index in [2.05, 4.69) is 15.5 Å². The monoisotopic (exact) mass is 276 g/mol. The fraction of sp³-hybridized carbons (Fsp3) is 0.818. The van der Waals surface area contributed by atoms with Crippen molar-refractivity contribution in [1.29, 1.82) is 0 Å². The van der Waals surface area contributed by atoms with Crippen molar-refractivity contribution < 1.29 is 17.7 Å². The van der Waals surface area contributed by atoms with Crippen molar-refractivity contribution in [2.45, 2.75) is 30.9 Å². The standard InChI is InChI=1S/C11H15F3N4O/c12-11(13,14)10(3-4-15-7-10)8-16-9(17-19-8)18-5-1-2-6-18/h15H,1-7H2. The first-order chi connectivity index (χ1) is 9.03. The van der Waals surface area contributed by atoms with Gasteiger partial charge in [-0.2, -0.15) is 18.2 Å². The van der Waals surface area contributed by atoms with Crippen LogP contribution in [-0.2, 0) is 5.41 Å². The van der Waals surface area contributed by atoms with Crippen LogP contribution in [0.3, 0.4) is 0 Å². The van der Waals surface area contributed by atoms with Crippen LogP contribution in [0.25, 0.3) is 0 Å². The SMILES string of the molecule is FC(F)(F)C1(c2nc(N3CCCC3)no2)CCNC1. The normalized spacial score (nSPS) is 28.3. The molecule has 3 rings (SSSR count). The summed E-state index contributed by atoms with van der Waals surface area (Å²) >= 11 is 0. The van der Waals surface area contributed by atoms with E-state index in [1.165, 1.54) is 0 Å². The first-order valence-corrected chi connectivity index (χ1v) is 6.39. The Bertz CT molecular complexity index is 447. The summed E-state index contributed by atoms with van der Waals surface area (Å²) in [4.78, 5) is 5.86. The van der Waals surface area contributed by atoms with E-state index in [1.807, 2.05) is 4.90 Å². The van der Waals surface area contributed by atoms with Crippen molar-refractivity contribution in [2.24, 2.45) is 0 Å². The van der Waals surface area contributed by atoms with Crippen LogP contribution in [0.2, 0.25) is 0 Å². The molecule has 2 aliphatic heterocycles. The molecule has 1 unspecified atom stereocenters. The van der Waals surface area contributed by atoms with Crippen LogP contribution in [0.4, 0.5) is 19.1 Å². The van der Waals surface area contributed by atoms with Gasteiger partial charge in [0, 0.05) is 19.6 Å². The average Bonchev–Trinajstić information content (AvgIpc) is 3.10. The van der Waals surface area contributed by atoms with Crippen LogP contribution in [0.5, 0.6) is 0 Å². The zero-order valence-corrected chi connectivity index (χ0v) is 10.3. The predicted molar refractivity (Wildman–Crippen MR) is 61.0 cm³/mol. The quantitative estimate of drug-likeness (QED) is 0.886. The zero-order chi connectivity index (χ0) is 13.5. The maximum atomic E-state index is 13.3. The van der Waals surface area contributed by atoms with E-state index in [1.54, 1.807) is 0 Å². The lowest BCUT2D eigenvalue weighted by Gasteiger charge is -2.26. The molecule has 3 heterocycles. The van der Waals surface area contributed by atoms with E-state index in [0.717, 1.165) is 25.9 Å². The van der Waals surface area contributed by atoms with Crippen LogP contribution in [0.1, 0.15) is 25.2 Å². The summed E-state index contributed by atoms with van der Waals surface area (Å²) in [6.45, 7) is 1.66. The van der Waals surface area contributed by atoms with Gasteiger partial charge in [0.2, 0.25) is 5.89 Å². The van der Waals surface area contributed by atoms with Crippen LogP contribution in [0, 0.1) is 0 Å². The van der Waals surface area contributed by atoms with E-state index < -0.39 is 11.6 Å². The van der Waals surface area contributed by atoms with Gasteiger partial charge in [-0.25, -0.2) is 0 Å². The fourth-order valence-electron chi connectivity index (χ4n) is 2.69. The van der Waals surface area contributed by atoms with Gasteiger partial charge in [0.1, 0.15) is 0 Å². The number of nitrogens with zero attached hydrogens (tertiary/aromatic N) is 3. The highest BCUT2D eigenvalue weighted by atomic mass is 19.4. The summed E-state index contributed by atoms with van der Waals surface area (Å²) in [6, 6.07) is 0. The molecule has 2 saturated heterocycles. The first-order valence-electron chi connectivity index (χ1n) is 6.39. The van der Waals surface area contributed by atoms with Crippen LogP contribution in [-0.4, -0.2) is 42.5 Å². The van der Waals surface area contributed by atoms with Crippen molar-refractivity contribution in [1.82, 2.24) is 15.5 Å². The number of hydrogen-bond donors (Lipinski definition) is 1. The maximum absolute atomic E-state index is 13.3. The number of aromatic nitrogens is 2. The largest absolute Gasteiger partial charge is 0.404 e. The van der Waals surface area contributed by atoms with Gasteiger partial charge in [0.05, 0.1) is 0 Å². The lowest BCUT2D eigenvalue weighted by molar-refractivity contribution is -0.191. The van der Waals surface area contributed by atoms with Crippen molar-refractivity contribution in [3.63, 3.8) is 0 Å². The molecule has 2 fully saturated rings. The molecule has 0 aromatic carbocycles. The molecule has 1 N–H and O–H groups in total. The summed E-state index contributed by atoms with van der Waals surface area (Å²) in [5.74, 6) is -0.0325. The Morgan fingerprint density at radius 2 is 2.00 bits per heavy atom. The molecular weight excluding hydrogens is 261 g/mol. The maximum Gasteiger partial charge on any atom is 0.404 e. The topological polar surface area (TPSA) is 54.2 Å². The third-order valence-corrected chi connectivity index (χ3v) is 3.91. The summed E-state index contributed by atoms with van der Waals surface area (Å²) in [5, 5.41) is 6.45. The summed E-state index contributed by atoms with van der Waals surface area (Å²) in [6.07, 6.45) is -2.42. The number of anilines is 1. The fourth-order valence-corrected chi connectivity index (χ4v) is 2.69. The van der Waals surface area contributed by atoms with E-state index in [-0.39, 0.29) is 24.8 Å². The number of hydrogen-bond acceptors (Lipinski definition) is 5. The van der Waals surface area contributed by atoms with Crippen LogP contribution < -0.4 is 10.2 Å². The van der Waals surface area contributed by atoms with E-state index >= 15 is 0 Å². The van der Waals surface area contributed by atoms with Gasteiger partial charge in [-0.1, -0.05) is 0 Å². The zero-order valence-electron chi connectivity index (χ0n) is 10.3. The molecular formula is C11H15F3N4O. The Morgan fingerprint density at radius 1 is 1.26 bits per heavy atom. The van der Waals surface area contributed by atoms with Gasteiger partial charge < -0.3 is 14.7 Å². The molecule has 19 heavy (non-hydrogen) atoms. The van der Waals surface area contributed by atoms with Gasteiger partial charge in [0.15, 0.2) is 5.41 Å². The minimum atomic E-state index is -4.38. The van der Waals surface area contributed by atoms with Crippen molar-refractivity contribution in [2.75, 3.05) is 31.1 Å². The Balaban J connectivity index is 1.91. The lowest BCUT2D eigenvalue weighted by atomic mass is 9.86. The van der Waals surface area contributed by atoms with Crippen molar-refractivity contribution in [3.8, 4) is 0 Å². The molecule has 0 bridgehead atoms. The van der Waals surface area contributed by atoms with Gasteiger partial charge in [-0.3, -0.25) is 0 Å². The smallest absolute Gasteiger partial charge is 0.338 e. The molecule has 5 nitrogen and oxygen atoms in total. The Hall–Kier alpha value is -1.31.